The molecule has 164 valence electrons. The van der Waals surface area contributed by atoms with Gasteiger partial charge in [0.15, 0.2) is 0 Å². The van der Waals surface area contributed by atoms with Crippen LogP contribution in [0.5, 0.6) is 5.75 Å². The number of nitrogens with zero attached hydrogens (tertiary/aromatic N) is 2. The molecule has 0 saturated carbocycles. The Morgan fingerprint density at radius 3 is 2.29 bits per heavy atom. The van der Waals surface area contributed by atoms with Crippen molar-refractivity contribution in [3.05, 3.63) is 57.6 Å². The first-order chi connectivity index (χ1) is 14.7. The number of phenolic OH excluding ortho intramolecular Hbond substituents is 1. The first-order valence-corrected chi connectivity index (χ1v) is 10.7. The highest BCUT2D eigenvalue weighted by molar-refractivity contribution is 6.34. The fourth-order valence-corrected chi connectivity index (χ4v) is 4.75. The largest absolute Gasteiger partial charge is 0.506 e. The summed E-state index contributed by atoms with van der Waals surface area (Å²) < 4.78 is 5.41. The first-order valence-electron chi connectivity index (χ1n) is 9.99. The standard InChI is InChI=1S/C22H23Cl2N3O4/c23-16-7-14(8-17(24)10-16)11-31-21(30)26-5-3-22(4-6-26)12-27(13-22)20(29)15-1-2-18(25)19(28)9-15/h1-2,7-10,28H,3-6,11-13,25H2. The maximum atomic E-state index is 12.6. The third-order valence-electron chi connectivity index (χ3n) is 5.98. The molecule has 2 heterocycles. The molecule has 9 heteroatoms. The maximum absolute atomic E-state index is 12.6. The van der Waals surface area contributed by atoms with Gasteiger partial charge in [0.05, 0.1) is 5.69 Å². The summed E-state index contributed by atoms with van der Waals surface area (Å²) >= 11 is 11.9. The highest BCUT2D eigenvalue weighted by atomic mass is 35.5. The summed E-state index contributed by atoms with van der Waals surface area (Å²) in [5.41, 5.74) is 7.03. The number of nitrogens with two attached hydrogens (primary N) is 1. The Morgan fingerprint density at radius 1 is 1.03 bits per heavy atom. The quantitative estimate of drug-likeness (QED) is 0.526. The van der Waals surface area contributed by atoms with Crippen LogP contribution in [0.1, 0.15) is 28.8 Å². The number of hydrogen-bond acceptors (Lipinski definition) is 5. The van der Waals surface area contributed by atoms with Crippen LogP contribution in [0.2, 0.25) is 10.0 Å². The first kappa shape index (κ1) is 21.6. The summed E-state index contributed by atoms with van der Waals surface area (Å²) in [4.78, 5) is 28.5. The summed E-state index contributed by atoms with van der Waals surface area (Å²) in [6.45, 7) is 2.55. The van der Waals surface area contributed by atoms with Crippen LogP contribution in [0.15, 0.2) is 36.4 Å². The van der Waals surface area contributed by atoms with Gasteiger partial charge in [-0.05, 0) is 54.8 Å². The number of amides is 2. The van der Waals surface area contributed by atoms with Crippen molar-refractivity contribution in [1.29, 1.82) is 0 Å². The van der Waals surface area contributed by atoms with Gasteiger partial charge in [-0.3, -0.25) is 4.79 Å². The van der Waals surface area contributed by atoms with Crippen LogP contribution in [0, 0.1) is 5.41 Å². The molecule has 2 fully saturated rings. The summed E-state index contributed by atoms with van der Waals surface area (Å²) in [7, 11) is 0. The van der Waals surface area contributed by atoms with E-state index < -0.39 is 0 Å². The van der Waals surface area contributed by atoms with E-state index in [2.05, 4.69) is 0 Å². The van der Waals surface area contributed by atoms with E-state index in [0.717, 1.165) is 18.4 Å². The van der Waals surface area contributed by atoms with E-state index in [0.29, 0.717) is 41.8 Å². The molecule has 2 aromatic carbocycles. The van der Waals surface area contributed by atoms with Crippen molar-refractivity contribution in [2.45, 2.75) is 19.4 Å². The predicted molar refractivity (Wildman–Crippen MR) is 118 cm³/mol. The van der Waals surface area contributed by atoms with Crippen LogP contribution in [0.3, 0.4) is 0 Å². The Bertz CT molecular complexity index is 994. The van der Waals surface area contributed by atoms with Gasteiger partial charge in [-0.25, -0.2) is 4.79 Å². The van der Waals surface area contributed by atoms with E-state index >= 15 is 0 Å². The zero-order valence-corrected chi connectivity index (χ0v) is 18.3. The Kier molecular flexibility index (Phi) is 5.90. The Morgan fingerprint density at radius 2 is 1.68 bits per heavy atom. The van der Waals surface area contributed by atoms with Crippen molar-refractivity contribution in [2.75, 3.05) is 31.9 Å². The lowest BCUT2D eigenvalue weighted by atomic mass is 9.72. The average Bonchev–Trinajstić information content (AvgIpc) is 2.71. The minimum Gasteiger partial charge on any atom is -0.506 e. The van der Waals surface area contributed by atoms with Gasteiger partial charge in [0.1, 0.15) is 12.4 Å². The number of ether oxygens (including phenoxy) is 1. The summed E-state index contributed by atoms with van der Waals surface area (Å²) in [5.74, 6) is -0.212. The van der Waals surface area contributed by atoms with Gasteiger partial charge in [-0.2, -0.15) is 0 Å². The number of hydrogen-bond donors (Lipinski definition) is 2. The van der Waals surface area contributed by atoms with Gasteiger partial charge < -0.3 is 25.4 Å². The molecule has 2 aliphatic heterocycles. The number of anilines is 1. The van der Waals surface area contributed by atoms with E-state index in [-0.39, 0.29) is 35.5 Å². The molecule has 2 saturated heterocycles. The van der Waals surface area contributed by atoms with E-state index in [1.54, 1.807) is 34.1 Å². The van der Waals surface area contributed by atoms with Crippen LogP contribution in [-0.4, -0.2) is 53.1 Å². The van der Waals surface area contributed by atoms with Crippen molar-refractivity contribution in [2.24, 2.45) is 5.41 Å². The number of piperidine rings is 1. The number of aromatic hydroxyl groups is 1. The van der Waals surface area contributed by atoms with Gasteiger partial charge in [0, 0.05) is 47.2 Å². The fourth-order valence-electron chi connectivity index (χ4n) is 4.18. The van der Waals surface area contributed by atoms with Crippen LogP contribution in [-0.2, 0) is 11.3 Å². The highest BCUT2D eigenvalue weighted by Gasteiger charge is 2.47. The lowest BCUT2D eigenvalue weighted by Gasteiger charge is -2.53. The molecule has 0 unspecified atom stereocenters. The molecule has 2 aromatic rings. The number of nitrogen functional groups attached to an aromatic ring is 1. The molecular weight excluding hydrogens is 441 g/mol. The van der Waals surface area contributed by atoms with Gasteiger partial charge in [0.25, 0.3) is 5.91 Å². The second kappa shape index (κ2) is 8.48. The molecule has 0 atom stereocenters. The Labute approximate surface area is 190 Å². The number of carbonyl (C=O) groups excluding carboxylic acids is 2. The molecule has 31 heavy (non-hydrogen) atoms. The van der Waals surface area contributed by atoms with Gasteiger partial charge in [-0.1, -0.05) is 23.2 Å². The number of halogens is 2. The topological polar surface area (TPSA) is 96.1 Å². The zero-order valence-electron chi connectivity index (χ0n) is 16.8. The van der Waals surface area contributed by atoms with E-state index in [9.17, 15) is 14.7 Å². The minimum absolute atomic E-state index is 0.0305. The normalized spacial score (nSPS) is 17.4. The van der Waals surface area contributed by atoms with Gasteiger partial charge in [0.2, 0.25) is 0 Å². The van der Waals surface area contributed by atoms with Crippen molar-refractivity contribution in [3.63, 3.8) is 0 Å². The number of phenols is 1. The average molecular weight is 464 g/mol. The monoisotopic (exact) mass is 463 g/mol. The molecule has 0 aliphatic carbocycles. The van der Waals surface area contributed by atoms with Crippen molar-refractivity contribution >= 4 is 40.9 Å². The van der Waals surface area contributed by atoms with Crippen LogP contribution in [0.4, 0.5) is 10.5 Å². The molecule has 1 spiro atoms. The van der Waals surface area contributed by atoms with Crippen molar-refractivity contribution in [1.82, 2.24) is 9.80 Å². The number of likely N-dealkylation sites (tertiary alicyclic amines) is 2. The van der Waals surface area contributed by atoms with Gasteiger partial charge in [-0.15, -0.1) is 0 Å². The van der Waals surface area contributed by atoms with Crippen molar-refractivity contribution < 1.29 is 19.4 Å². The number of rotatable bonds is 3. The predicted octanol–water partition coefficient (Wildman–Crippen LogP) is 4.16. The summed E-state index contributed by atoms with van der Waals surface area (Å²) in [5, 5.41) is 10.7. The minimum atomic E-state index is -0.365. The van der Waals surface area contributed by atoms with Crippen molar-refractivity contribution in [3.8, 4) is 5.75 Å². The molecule has 4 rings (SSSR count). The SMILES string of the molecule is Nc1ccc(C(=O)N2CC3(CCN(C(=O)OCc4cc(Cl)cc(Cl)c4)CC3)C2)cc1O. The second-order valence-corrected chi connectivity index (χ2v) is 9.13. The third-order valence-corrected chi connectivity index (χ3v) is 6.42. The molecule has 0 radical (unpaired) electrons. The molecule has 3 N–H and O–H groups in total. The molecule has 2 aliphatic rings. The maximum Gasteiger partial charge on any atom is 0.410 e. The van der Waals surface area contributed by atoms with E-state index in [1.165, 1.54) is 12.1 Å². The smallest absolute Gasteiger partial charge is 0.410 e. The third kappa shape index (κ3) is 4.67. The molecule has 2 amide bonds. The fraction of sp³-hybridized carbons (Fsp3) is 0.364. The van der Waals surface area contributed by atoms with E-state index in [1.807, 2.05) is 0 Å². The summed E-state index contributed by atoms with van der Waals surface area (Å²) in [6, 6.07) is 9.60. The Hall–Kier alpha value is -2.64. The second-order valence-electron chi connectivity index (χ2n) is 8.25. The van der Waals surface area contributed by atoms with Crippen LogP contribution < -0.4 is 5.73 Å². The lowest BCUT2D eigenvalue weighted by molar-refractivity contribution is -0.0319. The number of carbonyl (C=O) groups is 2. The number of benzene rings is 2. The molecule has 0 aromatic heterocycles. The lowest BCUT2D eigenvalue weighted by Crippen LogP contribution is -2.62. The van der Waals surface area contributed by atoms with Gasteiger partial charge >= 0.3 is 6.09 Å². The molecular formula is C22H23Cl2N3O4. The molecule has 7 nitrogen and oxygen atoms in total. The Balaban J connectivity index is 1.25. The van der Waals surface area contributed by atoms with E-state index in [4.69, 9.17) is 33.7 Å². The highest BCUT2D eigenvalue weighted by Crippen LogP contribution is 2.41. The van der Waals surface area contributed by atoms with Crippen LogP contribution >= 0.6 is 23.2 Å². The zero-order chi connectivity index (χ0) is 22.2. The molecule has 0 bridgehead atoms. The summed E-state index contributed by atoms with van der Waals surface area (Å²) in [6.07, 6.45) is 1.25. The van der Waals surface area contributed by atoms with Crippen LogP contribution in [0.25, 0.3) is 0 Å².